The van der Waals surface area contributed by atoms with Crippen molar-refractivity contribution in [2.24, 2.45) is 0 Å². The van der Waals surface area contributed by atoms with E-state index in [0.717, 1.165) is 0 Å². The third kappa shape index (κ3) is 2.14. The molecule has 0 radical (unpaired) electrons. The summed E-state index contributed by atoms with van der Waals surface area (Å²) in [7, 11) is 1.30. The van der Waals surface area contributed by atoms with Crippen LogP contribution < -0.4 is 9.47 Å². The number of para-hydroxylation sites is 2. The molecular formula is C18H12O5. The molecule has 23 heavy (non-hydrogen) atoms. The summed E-state index contributed by atoms with van der Waals surface area (Å²) in [6.07, 6.45) is 0. The Morgan fingerprint density at radius 3 is 2.26 bits per heavy atom. The number of hydrogen-bond acceptors (Lipinski definition) is 5. The van der Waals surface area contributed by atoms with E-state index >= 15 is 0 Å². The minimum absolute atomic E-state index is 0.0202. The fraction of sp³-hybridized carbons (Fsp3) is 0.0556. The van der Waals surface area contributed by atoms with Gasteiger partial charge < -0.3 is 19.3 Å². The standard InChI is InChI=1S/C18H12O5/c1-21-18(20)11-6-10-8-16-17(9-12(10)13(19)7-11)23-15-5-3-2-4-14(15)22-16/h2-9,19H,1H3. The number of ether oxygens (including phenoxy) is 3. The van der Waals surface area contributed by atoms with Crippen LogP contribution in [0, 0.1) is 0 Å². The number of carbonyl (C=O) groups excluding carboxylic acids is 1. The zero-order valence-electron chi connectivity index (χ0n) is 12.2. The van der Waals surface area contributed by atoms with Gasteiger partial charge in [0.1, 0.15) is 5.75 Å². The van der Waals surface area contributed by atoms with Crippen LogP contribution in [0.15, 0.2) is 48.5 Å². The summed E-state index contributed by atoms with van der Waals surface area (Å²) in [4.78, 5) is 11.7. The van der Waals surface area contributed by atoms with Crippen molar-refractivity contribution in [1.82, 2.24) is 0 Å². The third-order valence-corrected chi connectivity index (χ3v) is 3.71. The van der Waals surface area contributed by atoms with Crippen LogP contribution >= 0.6 is 0 Å². The van der Waals surface area contributed by atoms with Gasteiger partial charge in [0.25, 0.3) is 0 Å². The summed E-state index contributed by atoms with van der Waals surface area (Å²) in [6, 6.07) is 13.8. The summed E-state index contributed by atoms with van der Waals surface area (Å²) in [5, 5.41) is 11.4. The summed E-state index contributed by atoms with van der Waals surface area (Å²) in [5.41, 5.74) is 0.273. The Morgan fingerprint density at radius 1 is 0.957 bits per heavy atom. The lowest BCUT2D eigenvalue weighted by atomic mass is 10.0. The molecule has 5 nitrogen and oxygen atoms in total. The van der Waals surface area contributed by atoms with Gasteiger partial charge in [-0.15, -0.1) is 0 Å². The zero-order chi connectivity index (χ0) is 16.0. The van der Waals surface area contributed by atoms with E-state index in [1.165, 1.54) is 13.2 Å². The normalized spacial score (nSPS) is 11.9. The molecular weight excluding hydrogens is 296 g/mol. The van der Waals surface area contributed by atoms with Crippen LogP contribution in [0.25, 0.3) is 10.8 Å². The molecule has 0 fully saturated rings. The van der Waals surface area contributed by atoms with E-state index in [0.29, 0.717) is 33.8 Å². The van der Waals surface area contributed by atoms with E-state index in [1.54, 1.807) is 18.2 Å². The van der Waals surface area contributed by atoms with Gasteiger partial charge in [-0.2, -0.15) is 0 Å². The molecule has 114 valence electrons. The molecule has 0 unspecified atom stereocenters. The van der Waals surface area contributed by atoms with Gasteiger partial charge in [0, 0.05) is 5.39 Å². The van der Waals surface area contributed by atoms with Crippen molar-refractivity contribution < 1.29 is 24.1 Å². The molecule has 0 saturated carbocycles. The smallest absolute Gasteiger partial charge is 0.338 e. The first kappa shape index (κ1) is 13.5. The first-order valence-electron chi connectivity index (χ1n) is 6.99. The maximum atomic E-state index is 11.7. The van der Waals surface area contributed by atoms with Crippen LogP contribution in [0.5, 0.6) is 28.7 Å². The predicted octanol–water partition coefficient (Wildman–Crippen LogP) is 4.23. The van der Waals surface area contributed by atoms with Gasteiger partial charge in [0.2, 0.25) is 0 Å². The lowest BCUT2D eigenvalue weighted by molar-refractivity contribution is 0.0600. The van der Waals surface area contributed by atoms with Crippen LogP contribution in [0.1, 0.15) is 10.4 Å². The summed E-state index contributed by atoms with van der Waals surface area (Å²) >= 11 is 0. The van der Waals surface area contributed by atoms with Gasteiger partial charge in [-0.3, -0.25) is 0 Å². The highest BCUT2D eigenvalue weighted by atomic mass is 16.6. The van der Waals surface area contributed by atoms with Gasteiger partial charge in [0.15, 0.2) is 23.0 Å². The molecule has 5 heteroatoms. The van der Waals surface area contributed by atoms with E-state index in [4.69, 9.17) is 14.2 Å². The Bertz CT molecular complexity index is 946. The number of esters is 1. The van der Waals surface area contributed by atoms with E-state index < -0.39 is 5.97 Å². The van der Waals surface area contributed by atoms with Crippen molar-refractivity contribution >= 4 is 16.7 Å². The molecule has 0 aromatic heterocycles. The number of phenolic OH excluding ortho intramolecular Hbond substituents is 1. The van der Waals surface area contributed by atoms with Crippen molar-refractivity contribution in [2.45, 2.75) is 0 Å². The van der Waals surface area contributed by atoms with Gasteiger partial charge in [0.05, 0.1) is 12.7 Å². The quantitative estimate of drug-likeness (QED) is 0.533. The van der Waals surface area contributed by atoms with Gasteiger partial charge >= 0.3 is 5.97 Å². The molecule has 1 aliphatic heterocycles. The van der Waals surface area contributed by atoms with Crippen LogP contribution in [-0.4, -0.2) is 18.2 Å². The van der Waals surface area contributed by atoms with E-state index in [-0.39, 0.29) is 11.3 Å². The zero-order valence-corrected chi connectivity index (χ0v) is 12.2. The monoisotopic (exact) mass is 308 g/mol. The molecule has 1 aliphatic rings. The molecule has 0 bridgehead atoms. The average Bonchev–Trinajstić information content (AvgIpc) is 2.57. The number of benzene rings is 3. The SMILES string of the molecule is COC(=O)c1cc(O)c2cc3c(cc2c1)Oc1ccccc1O3. The first-order chi connectivity index (χ1) is 11.2. The fourth-order valence-electron chi connectivity index (χ4n) is 2.60. The number of aromatic hydroxyl groups is 1. The second kappa shape index (κ2) is 4.91. The van der Waals surface area contributed by atoms with Gasteiger partial charge in [-0.25, -0.2) is 4.79 Å². The first-order valence-corrected chi connectivity index (χ1v) is 6.99. The molecule has 1 heterocycles. The number of carbonyl (C=O) groups is 1. The Morgan fingerprint density at radius 2 is 1.61 bits per heavy atom. The average molecular weight is 308 g/mol. The highest BCUT2D eigenvalue weighted by Crippen LogP contribution is 2.47. The molecule has 0 saturated heterocycles. The molecule has 0 amide bonds. The van der Waals surface area contributed by atoms with Gasteiger partial charge in [-0.1, -0.05) is 12.1 Å². The largest absolute Gasteiger partial charge is 0.507 e. The molecule has 0 aliphatic carbocycles. The highest BCUT2D eigenvalue weighted by molar-refractivity contribution is 5.99. The van der Waals surface area contributed by atoms with E-state index in [2.05, 4.69) is 0 Å². The van der Waals surface area contributed by atoms with Crippen LogP contribution in [0.3, 0.4) is 0 Å². The topological polar surface area (TPSA) is 65.0 Å². The molecule has 3 aromatic carbocycles. The molecule has 1 N–H and O–H groups in total. The maximum absolute atomic E-state index is 11.7. The van der Waals surface area contributed by atoms with Crippen molar-refractivity contribution in [2.75, 3.05) is 7.11 Å². The maximum Gasteiger partial charge on any atom is 0.338 e. The lowest BCUT2D eigenvalue weighted by Crippen LogP contribution is -2.02. The summed E-state index contributed by atoms with van der Waals surface area (Å²) in [6.45, 7) is 0. The molecule has 0 atom stereocenters. The van der Waals surface area contributed by atoms with Crippen LogP contribution in [0.2, 0.25) is 0 Å². The van der Waals surface area contributed by atoms with Crippen LogP contribution in [-0.2, 0) is 4.74 Å². The van der Waals surface area contributed by atoms with Crippen LogP contribution in [0.4, 0.5) is 0 Å². The van der Waals surface area contributed by atoms with Crippen molar-refractivity contribution in [3.8, 4) is 28.7 Å². The molecule has 4 rings (SSSR count). The Kier molecular flexibility index (Phi) is 2.87. The van der Waals surface area contributed by atoms with Crippen molar-refractivity contribution in [1.29, 1.82) is 0 Å². The van der Waals surface area contributed by atoms with Crippen molar-refractivity contribution in [3.05, 3.63) is 54.1 Å². The second-order valence-electron chi connectivity index (χ2n) is 5.16. The minimum Gasteiger partial charge on any atom is -0.507 e. The second-order valence-corrected chi connectivity index (χ2v) is 5.16. The summed E-state index contributed by atoms with van der Waals surface area (Å²) < 4.78 is 16.3. The fourth-order valence-corrected chi connectivity index (χ4v) is 2.60. The molecule has 3 aromatic rings. The third-order valence-electron chi connectivity index (χ3n) is 3.71. The van der Waals surface area contributed by atoms with E-state index in [1.807, 2.05) is 24.3 Å². The minimum atomic E-state index is -0.512. The lowest BCUT2D eigenvalue weighted by Gasteiger charge is -2.21. The number of rotatable bonds is 1. The number of fused-ring (bicyclic) bond motifs is 3. The van der Waals surface area contributed by atoms with Gasteiger partial charge in [-0.05, 0) is 41.8 Å². The number of hydrogen-bond donors (Lipinski definition) is 1. The highest BCUT2D eigenvalue weighted by Gasteiger charge is 2.20. The van der Waals surface area contributed by atoms with Crippen molar-refractivity contribution in [3.63, 3.8) is 0 Å². The number of methoxy groups -OCH3 is 1. The Labute approximate surface area is 131 Å². The Hall–Kier alpha value is -3.21. The Balaban J connectivity index is 1.88. The molecule has 0 spiro atoms. The van der Waals surface area contributed by atoms with E-state index in [9.17, 15) is 9.90 Å². The predicted molar refractivity (Wildman–Crippen MR) is 83.5 cm³/mol. The number of phenols is 1. The summed E-state index contributed by atoms with van der Waals surface area (Å²) in [5.74, 6) is 1.74.